The Kier molecular flexibility index (Phi) is 11.6. The van der Waals surface area contributed by atoms with Crippen LogP contribution in [0.5, 0.6) is 0 Å². The molecular formula is C11H24Cl2N2OS2. The van der Waals surface area contributed by atoms with Gasteiger partial charge in [0.15, 0.2) is 0 Å². The summed E-state index contributed by atoms with van der Waals surface area (Å²) in [5.41, 5.74) is 5.60. The second-order valence-electron chi connectivity index (χ2n) is 4.37. The molecule has 0 radical (unpaired) electrons. The predicted molar refractivity (Wildman–Crippen MR) is 87.9 cm³/mol. The first-order valence-electron chi connectivity index (χ1n) is 6.11. The van der Waals surface area contributed by atoms with Crippen molar-refractivity contribution < 1.29 is 4.74 Å². The van der Waals surface area contributed by atoms with Crippen LogP contribution in [0.3, 0.4) is 0 Å². The first-order chi connectivity index (χ1) is 7.90. The average Bonchev–Trinajstić information content (AvgIpc) is 2.58. The van der Waals surface area contributed by atoms with Crippen LogP contribution in [-0.4, -0.2) is 66.3 Å². The average molecular weight is 335 g/mol. The molecule has 1 atom stereocenters. The Morgan fingerprint density at radius 2 is 1.83 bits per heavy atom. The maximum atomic E-state index is 5.74. The van der Waals surface area contributed by atoms with Crippen molar-refractivity contribution in [3.63, 3.8) is 0 Å². The predicted octanol–water partition coefficient (Wildman–Crippen LogP) is 1.73. The van der Waals surface area contributed by atoms with Gasteiger partial charge in [-0.25, -0.2) is 0 Å². The van der Waals surface area contributed by atoms with E-state index < -0.39 is 0 Å². The number of hydrogen-bond acceptors (Lipinski definition) is 5. The molecule has 2 aliphatic rings. The van der Waals surface area contributed by atoms with Gasteiger partial charge in [-0.1, -0.05) is 0 Å². The third-order valence-corrected chi connectivity index (χ3v) is 5.65. The molecule has 0 aromatic rings. The van der Waals surface area contributed by atoms with Gasteiger partial charge < -0.3 is 10.5 Å². The molecule has 7 heteroatoms. The van der Waals surface area contributed by atoms with Crippen LogP contribution in [0.2, 0.25) is 0 Å². The first-order valence-corrected chi connectivity index (χ1v) is 8.42. The van der Waals surface area contributed by atoms with Crippen molar-refractivity contribution in [3.8, 4) is 0 Å². The van der Waals surface area contributed by atoms with E-state index in [0.717, 1.165) is 38.7 Å². The van der Waals surface area contributed by atoms with Crippen molar-refractivity contribution >= 4 is 48.3 Å². The number of halogens is 2. The van der Waals surface area contributed by atoms with Gasteiger partial charge in [0.25, 0.3) is 0 Å². The first kappa shape index (κ1) is 19.2. The van der Waals surface area contributed by atoms with Gasteiger partial charge in [-0.15, -0.1) is 24.8 Å². The Labute approximate surface area is 131 Å². The molecule has 2 aliphatic heterocycles. The van der Waals surface area contributed by atoms with E-state index in [-0.39, 0.29) is 24.8 Å². The number of ether oxygens (including phenoxy) is 1. The number of thioether (sulfide) groups is 2. The van der Waals surface area contributed by atoms with Crippen LogP contribution in [0.4, 0.5) is 0 Å². The molecule has 2 fully saturated rings. The lowest BCUT2D eigenvalue weighted by atomic mass is 10.2. The fraction of sp³-hybridized carbons (Fsp3) is 1.00. The van der Waals surface area contributed by atoms with Crippen LogP contribution in [0.25, 0.3) is 0 Å². The van der Waals surface area contributed by atoms with Gasteiger partial charge >= 0.3 is 0 Å². The van der Waals surface area contributed by atoms with Gasteiger partial charge in [0, 0.05) is 42.1 Å². The van der Waals surface area contributed by atoms with E-state index in [4.69, 9.17) is 10.5 Å². The third-order valence-electron chi connectivity index (χ3n) is 3.17. The van der Waals surface area contributed by atoms with Crippen LogP contribution >= 0.6 is 48.3 Å². The summed E-state index contributed by atoms with van der Waals surface area (Å²) in [5, 5.41) is 0. The minimum absolute atomic E-state index is 0. The molecule has 0 bridgehead atoms. The van der Waals surface area contributed by atoms with Gasteiger partial charge in [-0.3, -0.25) is 4.90 Å². The van der Waals surface area contributed by atoms with E-state index in [1.807, 2.05) is 0 Å². The molecule has 2 saturated heterocycles. The number of morpholine rings is 1. The molecule has 2 N–H and O–H groups in total. The van der Waals surface area contributed by atoms with Gasteiger partial charge in [0.2, 0.25) is 0 Å². The van der Waals surface area contributed by atoms with E-state index in [2.05, 4.69) is 28.4 Å². The molecule has 110 valence electrons. The summed E-state index contributed by atoms with van der Waals surface area (Å²) >= 11 is 4.21. The van der Waals surface area contributed by atoms with Crippen molar-refractivity contribution in [2.75, 3.05) is 49.3 Å². The Morgan fingerprint density at radius 3 is 2.44 bits per heavy atom. The highest BCUT2D eigenvalue weighted by Gasteiger charge is 2.26. The zero-order valence-corrected chi connectivity index (χ0v) is 13.9. The Hall–Kier alpha value is 1.16. The topological polar surface area (TPSA) is 38.5 Å². The molecule has 0 amide bonds. The molecule has 0 saturated carbocycles. The number of nitrogens with zero attached hydrogens (tertiary/aromatic N) is 1. The van der Waals surface area contributed by atoms with Crippen LogP contribution in [-0.2, 0) is 4.74 Å². The maximum Gasteiger partial charge on any atom is 0.0714 e. The Balaban J connectivity index is 0.00000144. The number of rotatable bonds is 3. The van der Waals surface area contributed by atoms with Crippen molar-refractivity contribution in [1.82, 2.24) is 4.90 Å². The van der Waals surface area contributed by atoms with E-state index in [1.54, 1.807) is 0 Å². The molecule has 2 rings (SSSR count). The fourth-order valence-corrected chi connectivity index (χ4v) is 4.88. The van der Waals surface area contributed by atoms with E-state index in [9.17, 15) is 0 Å². The molecule has 0 aliphatic carbocycles. The normalized spacial score (nSPS) is 26.8. The third kappa shape index (κ3) is 6.07. The van der Waals surface area contributed by atoms with Crippen LogP contribution in [0, 0.1) is 0 Å². The van der Waals surface area contributed by atoms with Gasteiger partial charge in [-0.05, 0) is 13.0 Å². The molecule has 0 aromatic carbocycles. The Morgan fingerprint density at radius 1 is 1.17 bits per heavy atom. The minimum atomic E-state index is 0. The van der Waals surface area contributed by atoms with Gasteiger partial charge in [0.05, 0.1) is 12.7 Å². The molecule has 0 spiro atoms. The largest absolute Gasteiger partial charge is 0.376 e. The Bertz CT molecular complexity index is 205. The maximum absolute atomic E-state index is 5.74. The molecule has 2 heterocycles. The summed E-state index contributed by atoms with van der Waals surface area (Å²) in [6.07, 6.45) is 1.38. The monoisotopic (exact) mass is 334 g/mol. The SMILES string of the molecule is Cl.Cl.NCCC1CN(C2CSCCSC2)CCO1. The highest BCUT2D eigenvalue weighted by molar-refractivity contribution is 8.03. The smallest absolute Gasteiger partial charge is 0.0714 e. The van der Waals surface area contributed by atoms with E-state index >= 15 is 0 Å². The molecule has 0 aromatic heterocycles. The summed E-state index contributed by atoms with van der Waals surface area (Å²) in [7, 11) is 0. The number of hydrogen-bond donors (Lipinski definition) is 1. The second-order valence-corrected chi connectivity index (χ2v) is 6.67. The summed E-state index contributed by atoms with van der Waals surface area (Å²) in [5.74, 6) is 5.22. The highest BCUT2D eigenvalue weighted by Crippen LogP contribution is 2.22. The lowest BCUT2D eigenvalue weighted by Gasteiger charge is -2.37. The van der Waals surface area contributed by atoms with E-state index in [1.165, 1.54) is 23.0 Å². The van der Waals surface area contributed by atoms with Crippen molar-refractivity contribution in [3.05, 3.63) is 0 Å². The number of nitrogens with two attached hydrogens (primary N) is 1. The molecular weight excluding hydrogens is 311 g/mol. The summed E-state index contributed by atoms with van der Waals surface area (Å²) in [4.78, 5) is 2.62. The second kappa shape index (κ2) is 10.9. The van der Waals surface area contributed by atoms with Crippen molar-refractivity contribution in [1.29, 1.82) is 0 Å². The van der Waals surface area contributed by atoms with Crippen LogP contribution < -0.4 is 5.73 Å². The molecule has 1 unspecified atom stereocenters. The lowest BCUT2D eigenvalue weighted by Crippen LogP contribution is -2.49. The quantitative estimate of drug-likeness (QED) is 0.850. The summed E-state index contributed by atoms with van der Waals surface area (Å²) in [6.45, 7) is 3.82. The lowest BCUT2D eigenvalue weighted by molar-refractivity contribution is -0.0394. The summed E-state index contributed by atoms with van der Waals surface area (Å²) < 4.78 is 5.74. The highest BCUT2D eigenvalue weighted by atomic mass is 35.5. The zero-order chi connectivity index (χ0) is 11.2. The summed E-state index contributed by atoms with van der Waals surface area (Å²) in [6, 6.07) is 0.752. The van der Waals surface area contributed by atoms with Crippen molar-refractivity contribution in [2.24, 2.45) is 5.73 Å². The zero-order valence-electron chi connectivity index (χ0n) is 10.6. The van der Waals surface area contributed by atoms with Crippen LogP contribution in [0.1, 0.15) is 6.42 Å². The molecule has 3 nitrogen and oxygen atoms in total. The standard InChI is InChI=1S/C11H22N2OS2.2ClH/c12-2-1-11-7-13(3-4-14-11)10-8-15-5-6-16-9-10;;/h10-11H,1-9,12H2;2*1H. The van der Waals surface area contributed by atoms with Gasteiger partial charge in [0.1, 0.15) is 0 Å². The fourth-order valence-electron chi connectivity index (χ4n) is 2.25. The van der Waals surface area contributed by atoms with Gasteiger partial charge in [-0.2, -0.15) is 23.5 Å². The molecule has 18 heavy (non-hydrogen) atoms. The van der Waals surface area contributed by atoms with Crippen LogP contribution in [0.15, 0.2) is 0 Å². The van der Waals surface area contributed by atoms with E-state index in [0.29, 0.717) is 6.10 Å². The minimum Gasteiger partial charge on any atom is -0.376 e. The van der Waals surface area contributed by atoms with Crippen molar-refractivity contribution in [2.45, 2.75) is 18.6 Å².